The molecule has 0 radical (unpaired) electrons. The van der Waals surface area contributed by atoms with Crippen molar-refractivity contribution in [1.29, 1.82) is 0 Å². The Hall–Kier alpha value is -1.62. The molecule has 0 saturated carbocycles. The second-order valence-electron chi connectivity index (χ2n) is 4.55. The highest BCUT2D eigenvalue weighted by molar-refractivity contribution is 5.97. The second kappa shape index (κ2) is 5.35. The van der Waals surface area contributed by atoms with Crippen LogP contribution in [-0.2, 0) is 0 Å². The Bertz CT molecular complexity index is 451. The van der Waals surface area contributed by atoms with Crippen LogP contribution < -0.4 is 5.73 Å². The van der Waals surface area contributed by atoms with Crippen LogP contribution >= 0.6 is 0 Å². The molecule has 2 rings (SSSR count). The lowest BCUT2D eigenvalue weighted by atomic mass is 10.0. The molecule has 1 amide bonds. The summed E-state index contributed by atoms with van der Waals surface area (Å²) in [7, 11) is 0. The van der Waals surface area contributed by atoms with Crippen molar-refractivity contribution in [1.82, 2.24) is 4.90 Å². The summed E-state index contributed by atoms with van der Waals surface area (Å²) in [4.78, 5) is 13.9. The number of benzene rings is 1. The molecular formula is C13H17FN2O2. The Labute approximate surface area is 105 Å². The van der Waals surface area contributed by atoms with Gasteiger partial charge in [-0.05, 0) is 37.5 Å². The number of likely N-dealkylation sites (tertiary alicyclic amines) is 1. The molecule has 4 nitrogen and oxygen atoms in total. The van der Waals surface area contributed by atoms with E-state index in [1.807, 2.05) is 0 Å². The number of carbonyl (C=O) groups is 1. The van der Waals surface area contributed by atoms with Crippen molar-refractivity contribution in [3.8, 4) is 5.75 Å². The number of amides is 1. The van der Waals surface area contributed by atoms with Gasteiger partial charge in [0.2, 0.25) is 0 Å². The van der Waals surface area contributed by atoms with E-state index in [2.05, 4.69) is 0 Å². The Balaban J connectivity index is 2.26. The quantitative estimate of drug-likeness (QED) is 0.838. The minimum absolute atomic E-state index is 0.00958. The van der Waals surface area contributed by atoms with Gasteiger partial charge >= 0.3 is 0 Å². The first kappa shape index (κ1) is 12.8. The summed E-state index contributed by atoms with van der Waals surface area (Å²) in [6.45, 7) is 0.998. The third kappa shape index (κ3) is 2.46. The Morgan fingerprint density at radius 1 is 1.50 bits per heavy atom. The molecular weight excluding hydrogens is 235 g/mol. The van der Waals surface area contributed by atoms with E-state index in [-0.39, 0.29) is 23.3 Å². The van der Waals surface area contributed by atoms with Crippen LogP contribution in [0.25, 0.3) is 0 Å². The van der Waals surface area contributed by atoms with Crippen LogP contribution in [0.1, 0.15) is 29.6 Å². The number of hydrogen-bond acceptors (Lipinski definition) is 3. The van der Waals surface area contributed by atoms with Gasteiger partial charge in [-0.25, -0.2) is 4.39 Å². The van der Waals surface area contributed by atoms with E-state index in [0.717, 1.165) is 31.4 Å². The zero-order chi connectivity index (χ0) is 13.1. The molecule has 1 atom stereocenters. The molecule has 0 bridgehead atoms. The van der Waals surface area contributed by atoms with Crippen LogP contribution in [0.5, 0.6) is 5.75 Å². The Morgan fingerprint density at radius 2 is 2.28 bits per heavy atom. The van der Waals surface area contributed by atoms with Crippen molar-refractivity contribution >= 4 is 5.91 Å². The maximum Gasteiger partial charge on any atom is 0.258 e. The van der Waals surface area contributed by atoms with Gasteiger partial charge in [0.1, 0.15) is 11.6 Å². The molecule has 1 unspecified atom stereocenters. The number of nitrogens with zero attached hydrogens (tertiary/aromatic N) is 1. The fourth-order valence-corrected chi connectivity index (χ4v) is 2.35. The van der Waals surface area contributed by atoms with Crippen LogP contribution in [0.15, 0.2) is 18.2 Å². The molecule has 3 N–H and O–H groups in total. The van der Waals surface area contributed by atoms with Crippen molar-refractivity contribution in [2.75, 3.05) is 13.1 Å². The molecule has 1 aliphatic rings. The molecule has 0 aliphatic carbocycles. The van der Waals surface area contributed by atoms with Crippen LogP contribution in [0, 0.1) is 5.82 Å². The number of phenolic OH excluding ortho intramolecular Hbond substituents is 1. The number of phenols is 1. The number of hydrogen-bond donors (Lipinski definition) is 2. The fraction of sp³-hybridized carbons (Fsp3) is 0.462. The molecule has 1 aromatic rings. The van der Waals surface area contributed by atoms with E-state index in [1.54, 1.807) is 4.90 Å². The van der Waals surface area contributed by atoms with E-state index in [4.69, 9.17) is 5.73 Å². The van der Waals surface area contributed by atoms with Crippen molar-refractivity contribution in [2.45, 2.75) is 25.3 Å². The molecule has 0 spiro atoms. The van der Waals surface area contributed by atoms with Gasteiger partial charge < -0.3 is 15.7 Å². The number of piperidine rings is 1. The first-order valence-corrected chi connectivity index (χ1v) is 6.13. The number of carbonyl (C=O) groups excluding carboxylic acids is 1. The molecule has 0 aromatic heterocycles. The van der Waals surface area contributed by atoms with E-state index in [1.165, 1.54) is 6.07 Å². The van der Waals surface area contributed by atoms with Gasteiger partial charge in [-0.15, -0.1) is 0 Å². The molecule has 1 aromatic carbocycles. The fourth-order valence-electron chi connectivity index (χ4n) is 2.35. The number of nitrogens with two attached hydrogens (primary N) is 1. The standard InChI is InChI=1S/C13H17FN2O2/c14-9-4-5-12(17)11(7-9)13(18)16-6-2-1-3-10(16)8-15/h4-5,7,10,17H,1-3,6,8,15H2. The number of rotatable bonds is 2. The van der Waals surface area contributed by atoms with Crippen LogP contribution in [0.2, 0.25) is 0 Å². The summed E-state index contributed by atoms with van der Waals surface area (Å²) in [6, 6.07) is 3.38. The summed E-state index contributed by atoms with van der Waals surface area (Å²) >= 11 is 0. The van der Waals surface area contributed by atoms with Crippen LogP contribution in [0.4, 0.5) is 4.39 Å². The molecule has 1 heterocycles. The predicted molar refractivity (Wildman–Crippen MR) is 65.8 cm³/mol. The minimum Gasteiger partial charge on any atom is -0.507 e. The smallest absolute Gasteiger partial charge is 0.258 e. The predicted octanol–water partition coefficient (Wildman–Crippen LogP) is 1.48. The van der Waals surface area contributed by atoms with Crippen molar-refractivity contribution in [2.24, 2.45) is 5.73 Å². The van der Waals surface area contributed by atoms with E-state index >= 15 is 0 Å². The Kier molecular flexibility index (Phi) is 3.81. The van der Waals surface area contributed by atoms with E-state index in [0.29, 0.717) is 13.1 Å². The van der Waals surface area contributed by atoms with Crippen molar-refractivity contribution < 1.29 is 14.3 Å². The van der Waals surface area contributed by atoms with Gasteiger partial charge in [-0.1, -0.05) is 0 Å². The second-order valence-corrected chi connectivity index (χ2v) is 4.55. The van der Waals surface area contributed by atoms with Crippen molar-refractivity contribution in [3.05, 3.63) is 29.6 Å². The molecule has 1 fully saturated rings. The third-order valence-electron chi connectivity index (χ3n) is 3.35. The largest absolute Gasteiger partial charge is 0.507 e. The molecule has 1 aliphatic heterocycles. The minimum atomic E-state index is -0.530. The maximum atomic E-state index is 13.1. The Morgan fingerprint density at radius 3 is 3.00 bits per heavy atom. The average molecular weight is 252 g/mol. The van der Waals surface area contributed by atoms with Gasteiger partial charge in [-0.2, -0.15) is 0 Å². The van der Waals surface area contributed by atoms with E-state index in [9.17, 15) is 14.3 Å². The monoisotopic (exact) mass is 252 g/mol. The highest BCUT2D eigenvalue weighted by Gasteiger charge is 2.28. The SMILES string of the molecule is NCC1CCCCN1C(=O)c1cc(F)ccc1O. The van der Waals surface area contributed by atoms with Crippen LogP contribution in [0.3, 0.4) is 0 Å². The number of halogens is 1. The highest BCUT2D eigenvalue weighted by Crippen LogP contribution is 2.24. The average Bonchev–Trinajstić information content (AvgIpc) is 2.40. The first-order valence-electron chi connectivity index (χ1n) is 6.13. The van der Waals surface area contributed by atoms with Gasteiger partial charge in [-0.3, -0.25) is 4.79 Å². The zero-order valence-electron chi connectivity index (χ0n) is 10.1. The summed E-state index contributed by atoms with van der Waals surface area (Å²) in [6.07, 6.45) is 2.82. The lowest BCUT2D eigenvalue weighted by Gasteiger charge is -2.35. The summed E-state index contributed by atoms with van der Waals surface area (Å²) in [5, 5.41) is 9.65. The van der Waals surface area contributed by atoms with Gasteiger partial charge in [0.05, 0.1) is 5.56 Å². The van der Waals surface area contributed by atoms with Crippen LogP contribution in [-0.4, -0.2) is 35.0 Å². The first-order chi connectivity index (χ1) is 8.63. The summed E-state index contributed by atoms with van der Waals surface area (Å²) in [5.41, 5.74) is 5.66. The van der Waals surface area contributed by atoms with E-state index < -0.39 is 5.82 Å². The molecule has 18 heavy (non-hydrogen) atoms. The summed E-state index contributed by atoms with van der Waals surface area (Å²) < 4.78 is 13.1. The number of aromatic hydroxyl groups is 1. The van der Waals surface area contributed by atoms with Crippen molar-refractivity contribution in [3.63, 3.8) is 0 Å². The third-order valence-corrected chi connectivity index (χ3v) is 3.35. The highest BCUT2D eigenvalue weighted by atomic mass is 19.1. The topological polar surface area (TPSA) is 66.6 Å². The normalized spacial score (nSPS) is 19.9. The zero-order valence-corrected chi connectivity index (χ0v) is 10.1. The summed E-state index contributed by atoms with van der Waals surface area (Å²) in [5.74, 6) is -1.07. The van der Waals surface area contributed by atoms with Gasteiger partial charge in [0.25, 0.3) is 5.91 Å². The molecule has 5 heteroatoms. The maximum absolute atomic E-state index is 13.1. The lowest BCUT2D eigenvalue weighted by Crippen LogP contribution is -2.47. The molecule has 98 valence electrons. The van der Waals surface area contributed by atoms with Gasteiger partial charge in [0, 0.05) is 19.1 Å². The molecule has 1 saturated heterocycles. The van der Waals surface area contributed by atoms with Gasteiger partial charge in [0.15, 0.2) is 0 Å². The lowest BCUT2D eigenvalue weighted by molar-refractivity contribution is 0.0620.